The maximum atomic E-state index is 12.4. The summed E-state index contributed by atoms with van der Waals surface area (Å²) in [6.07, 6.45) is 3.15. The fourth-order valence-corrected chi connectivity index (χ4v) is 4.79. The van der Waals surface area contributed by atoms with Crippen LogP contribution in [0.5, 0.6) is 0 Å². The molecule has 8 nitrogen and oxygen atoms in total. The number of carbonyl (C=O) groups excluding carboxylic acids is 1. The third-order valence-electron chi connectivity index (χ3n) is 3.94. The van der Waals surface area contributed by atoms with Crippen LogP contribution in [0.4, 0.5) is 0 Å². The van der Waals surface area contributed by atoms with E-state index in [0.717, 1.165) is 23.3 Å². The maximum Gasteiger partial charge on any atom is 0.293 e. The summed E-state index contributed by atoms with van der Waals surface area (Å²) in [6, 6.07) is 9.07. The molecular weight excluding hydrogens is 362 g/mol. The lowest BCUT2D eigenvalue weighted by molar-refractivity contribution is -0.121. The van der Waals surface area contributed by atoms with E-state index in [-0.39, 0.29) is 4.34 Å². The Hall–Kier alpha value is -2.30. The minimum absolute atomic E-state index is 0.180. The molecule has 2 aromatic heterocycles. The lowest BCUT2D eigenvalue weighted by atomic mass is 10.2. The van der Waals surface area contributed by atoms with Crippen molar-refractivity contribution in [3.8, 4) is 11.3 Å². The molecule has 0 saturated carbocycles. The van der Waals surface area contributed by atoms with Gasteiger partial charge in [0.2, 0.25) is 4.96 Å². The number of amides is 1. The first kappa shape index (κ1) is 16.2. The third-order valence-corrected chi connectivity index (χ3v) is 6.57. The van der Waals surface area contributed by atoms with Crippen LogP contribution in [0, 0.1) is 0 Å². The van der Waals surface area contributed by atoms with Gasteiger partial charge in [-0.3, -0.25) is 4.79 Å². The highest BCUT2D eigenvalue weighted by Gasteiger charge is 2.29. The van der Waals surface area contributed by atoms with Gasteiger partial charge >= 0.3 is 0 Å². The predicted octanol–water partition coefficient (Wildman–Crippen LogP) is 1.01. The SMILES string of the molecule is O=C(NS(=O)(=O)c1nn2cc(-c3ccccc3)nc2s1)C1CCCN1. The smallest absolute Gasteiger partial charge is 0.293 e. The van der Waals surface area contributed by atoms with Gasteiger partial charge in [-0.15, -0.1) is 5.10 Å². The topological polar surface area (TPSA) is 105 Å². The van der Waals surface area contributed by atoms with Gasteiger partial charge in [0.1, 0.15) is 0 Å². The van der Waals surface area contributed by atoms with Crippen LogP contribution in [-0.4, -0.2) is 41.5 Å². The summed E-state index contributed by atoms with van der Waals surface area (Å²) in [5.41, 5.74) is 1.63. The first-order valence-electron chi connectivity index (χ1n) is 7.75. The number of benzene rings is 1. The average molecular weight is 377 g/mol. The molecule has 4 rings (SSSR count). The number of nitrogens with zero attached hydrogens (tertiary/aromatic N) is 3. The quantitative estimate of drug-likeness (QED) is 0.703. The minimum Gasteiger partial charge on any atom is -0.306 e. The van der Waals surface area contributed by atoms with E-state index in [0.29, 0.717) is 23.6 Å². The largest absolute Gasteiger partial charge is 0.306 e. The fourth-order valence-electron chi connectivity index (χ4n) is 2.69. The van der Waals surface area contributed by atoms with Gasteiger partial charge in [-0.2, -0.15) is 8.42 Å². The van der Waals surface area contributed by atoms with Crippen LogP contribution >= 0.6 is 11.3 Å². The molecule has 1 aliphatic rings. The van der Waals surface area contributed by atoms with Gasteiger partial charge in [-0.05, 0) is 19.4 Å². The Morgan fingerprint density at radius 2 is 2.12 bits per heavy atom. The van der Waals surface area contributed by atoms with E-state index in [2.05, 4.69) is 20.1 Å². The van der Waals surface area contributed by atoms with Crippen molar-refractivity contribution in [1.82, 2.24) is 24.6 Å². The zero-order valence-electron chi connectivity index (χ0n) is 13.0. The molecule has 0 bridgehead atoms. The van der Waals surface area contributed by atoms with E-state index >= 15 is 0 Å². The van der Waals surface area contributed by atoms with Crippen molar-refractivity contribution in [2.24, 2.45) is 0 Å². The van der Waals surface area contributed by atoms with Crippen molar-refractivity contribution in [1.29, 1.82) is 0 Å². The zero-order valence-corrected chi connectivity index (χ0v) is 14.7. The Bertz CT molecular complexity index is 989. The molecule has 10 heteroatoms. The monoisotopic (exact) mass is 377 g/mol. The average Bonchev–Trinajstić information content (AvgIpc) is 3.31. The summed E-state index contributed by atoms with van der Waals surface area (Å²) in [4.78, 5) is 16.9. The molecule has 3 aromatic rings. The van der Waals surface area contributed by atoms with Gasteiger partial charge in [0.15, 0.2) is 0 Å². The van der Waals surface area contributed by atoms with E-state index in [1.54, 1.807) is 6.20 Å². The molecular formula is C15H15N5O3S2. The first-order chi connectivity index (χ1) is 12.0. The molecule has 1 fully saturated rings. The van der Waals surface area contributed by atoms with Crippen LogP contribution in [-0.2, 0) is 14.8 Å². The van der Waals surface area contributed by atoms with Crippen molar-refractivity contribution in [2.45, 2.75) is 23.2 Å². The number of imidazole rings is 1. The van der Waals surface area contributed by atoms with Crippen molar-refractivity contribution in [3.05, 3.63) is 36.5 Å². The Labute approximate surface area is 147 Å². The molecule has 3 heterocycles. The van der Waals surface area contributed by atoms with Crippen molar-refractivity contribution >= 4 is 32.2 Å². The van der Waals surface area contributed by atoms with Crippen LogP contribution in [0.1, 0.15) is 12.8 Å². The number of rotatable bonds is 4. The maximum absolute atomic E-state index is 12.4. The van der Waals surface area contributed by atoms with Gasteiger partial charge in [0.25, 0.3) is 20.3 Å². The lowest BCUT2D eigenvalue weighted by Gasteiger charge is -2.09. The molecule has 2 N–H and O–H groups in total. The summed E-state index contributed by atoms with van der Waals surface area (Å²) in [5.74, 6) is -0.546. The Morgan fingerprint density at radius 1 is 1.32 bits per heavy atom. The predicted molar refractivity (Wildman–Crippen MR) is 92.7 cm³/mol. The molecule has 1 aromatic carbocycles. The van der Waals surface area contributed by atoms with Crippen molar-refractivity contribution < 1.29 is 13.2 Å². The summed E-state index contributed by atoms with van der Waals surface area (Å²) in [7, 11) is -4.00. The van der Waals surface area contributed by atoms with Gasteiger partial charge in [-0.25, -0.2) is 14.2 Å². The highest BCUT2D eigenvalue weighted by molar-refractivity contribution is 7.92. The third kappa shape index (κ3) is 3.15. The Balaban J connectivity index is 1.59. The van der Waals surface area contributed by atoms with E-state index in [1.807, 2.05) is 30.3 Å². The Kier molecular flexibility index (Phi) is 4.02. The number of aromatic nitrogens is 3. The van der Waals surface area contributed by atoms with Gasteiger partial charge < -0.3 is 5.32 Å². The number of sulfonamides is 1. The molecule has 1 amide bonds. The van der Waals surface area contributed by atoms with Crippen LogP contribution in [0.15, 0.2) is 40.9 Å². The number of nitrogens with one attached hydrogen (secondary N) is 2. The van der Waals surface area contributed by atoms with Gasteiger partial charge in [0.05, 0.1) is 17.9 Å². The molecule has 130 valence electrons. The van der Waals surface area contributed by atoms with Crippen LogP contribution in [0.25, 0.3) is 16.2 Å². The number of fused-ring (bicyclic) bond motifs is 1. The minimum atomic E-state index is -4.00. The number of carbonyl (C=O) groups is 1. The van der Waals surface area contributed by atoms with E-state index in [9.17, 15) is 13.2 Å². The van der Waals surface area contributed by atoms with Crippen LogP contribution < -0.4 is 10.0 Å². The second-order valence-corrected chi connectivity index (χ2v) is 8.52. The molecule has 1 atom stereocenters. The van der Waals surface area contributed by atoms with E-state index < -0.39 is 22.0 Å². The number of hydrogen-bond donors (Lipinski definition) is 2. The van der Waals surface area contributed by atoms with Crippen molar-refractivity contribution in [3.63, 3.8) is 0 Å². The first-order valence-corrected chi connectivity index (χ1v) is 10.0. The fraction of sp³-hybridized carbons (Fsp3) is 0.267. The number of hydrogen-bond acceptors (Lipinski definition) is 7. The highest BCUT2D eigenvalue weighted by Crippen LogP contribution is 2.24. The summed E-state index contributed by atoms with van der Waals surface area (Å²) in [6.45, 7) is 0.714. The zero-order chi connectivity index (χ0) is 17.4. The van der Waals surface area contributed by atoms with Crippen molar-refractivity contribution in [2.75, 3.05) is 6.54 Å². The molecule has 1 unspecified atom stereocenters. The molecule has 1 saturated heterocycles. The second-order valence-electron chi connectivity index (χ2n) is 5.71. The van der Waals surface area contributed by atoms with E-state index in [4.69, 9.17) is 0 Å². The standard InChI is InChI=1S/C15H15N5O3S2/c21-13(11-7-4-8-16-11)19-25(22,23)15-18-20-9-12(17-14(20)24-15)10-5-2-1-3-6-10/h1-3,5-6,9,11,16H,4,7-8H2,(H,19,21). The molecule has 1 aliphatic heterocycles. The van der Waals surface area contributed by atoms with Gasteiger partial charge in [0, 0.05) is 5.56 Å². The highest BCUT2D eigenvalue weighted by atomic mass is 32.2. The normalized spacial score (nSPS) is 17.8. The molecule has 0 radical (unpaired) electrons. The van der Waals surface area contributed by atoms with Gasteiger partial charge in [-0.1, -0.05) is 41.7 Å². The van der Waals surface area contributed by atoms with Crippen LogP contribution in [0.3, 0.4) is 0 Å². The molecule has 25 heavy (non-hydrogen) atoms. The molecule has 0 aliphatic carbocycles. The molecule has 0 spiro atoms. The summed E-state index contributed by atoms with van der Waals surface area (Å²) in [5, 5.41) is 7.03. The van der Waals surface area contributed by atoms with E-state index in [1.165, 1.54) is 4.52 Å². The summed E-state index contributed by atoms with van der Waals surface area (Å²) >= 11 is 0.922. The summed E-state index contributed by atoms with van der Waals surface area (Å²) < 4.78 is 28.1. The lowest BCUT2D eigenvalue weighted by Crippen LogP contribution is -2.43. The second kappa shape index (κ2) is 6.21. The van der Waals surface area contributed by atoms with Crippen LogP contribution in [0.2, 0.25) is 0 Å². The Morgan fingerprint density at radius 3 is 2.80 bits per heavy atom.